The monoisotopic (exact) mass is 310 g/mol. The lowest BCUT2D eigenvalue weighted by Crippen LogP contribution is -2.48. The maximum atomic E-state index is 12.4. The topological polar surface area (TPSA) is 91.3 Å². The van der Waals surface area contributed by atoms with Gasteiger partial charge in [0.25, 0.3) is 0 Å². The van der Waals surface area contributed by atoms with E-state index in [1.54, 1.807) is 19.1 Å². The summed E-state index contributed by atoms with van der Waals surface area (Å²) in [5.74, 6) is -0.747. The lowest BCUT2D eigenvalue weighted by atomic mass is 9.77. The largest absolute Gasteiger partial charge is 0.493 e. The fourth-order valence-electron chi connectivity index (χ4n) is 2.45. The average molecular weight is 310 g/mol. The molecule has 1 saturated heterocycles. The minimum Gasteiger partial charge on any atom is -0.493 e. The second kappa shape index (κ2) is 6.23. The molecule has 1 aliphatic heterocycles. The van der Waals surface area contributed by atoms with Gasteiger partial charge in [0.1, 0.15) is 6.61 Å². The van der Waals surface area contributed by atoms with Crippen molar-refractivity contribution in [2.45, 2.75) is 18.4 Å². The van der Waals surface area contributed by atoms with Crippen molar-refractivity contribution in [3.63, 3.8) is 0 Å². The smallest absolute Gasteiger partial charge is 0.336 e. The van der Waals surface area contributed by atoms with E-state index in [0.717, 1.165) is 0 Å². The first-order valence-corrected chi connectivity index (χ1v) is 6.75. The van der Waals surface area contributed by atoms with Crippen LogP contribution in [0.2, 0.25) is 0 Å². The van der Waals surface area contributed by atoms with E-state index in [-0.39, 0.29) is 13.2 Å². The number of carbonyl (C=O) groups is 2. The Morgan fingerprint density at radius 1 is 1.36 bits per heavy atom. The van der Waals surface area contributed by atoms with Gasteiger partial charge in [-0.3, -0.25) is 4.79 Å². The fourth-order valence-corrected chi connectivity index (χ4v) is 2.45. The molecule has 0 aliphatic carbocycles. The third-order valence-electron chi connectivity index (χ3n) is 3.67. The van der Waals surface area contributed by atoms with Gasteiger partial charge in [0.05, 0.1) is 20.8 Å². The first kappa shape index (κ1) is 16.1. The molecule has 0 amide bonds. The Labute approximate surface area is 127 Å². The molecule has 0 saturated carbocycles. The maximum absolute atomic E-state index is 12.4. The third-order valence-corrected chi connectivity index (χ3v) is 3.67. The Balaban J connectivity index is 2.55. The van der Waals surface area contributed by atoms with Crippen LogP contribution in [0.4, 0.5) is 0 Å². The standard InChI is InChI=1S/C15H18O7/c1-4-21-14(18)15(8-22-13(17)12(15)16)9-5-6-10(19-2)11(7-9)20-3/h5-7,12,16H,4,8H2,1-3H3/t12-,15-/m0/s1. The highest BCUT2D eigenvalue weighted by atomic mass is 16.6. The summed E-state index contributed by atoms with van der Waals surface area (Å²) in [6.07, 6.45) is -1.63. The number of hydrogen-bond acceptors (Lipinski definition) is 7. The number of aliphatic hydroxyl groups excluding tert-OH is 1. The van der Waals surface area contributed by atoms with Gasteiger partial charge in [-0.25, -0.2) is 4.79 Å². The second-order valence-corrected chi connectivity index (χ2v) is 4.77. The molecular formula is C15H18O7. The fraction of sp³-hybridized carbons (Fsp3) is 0.467. The summed E-state index contributed by atoms with van der Waals surface area (Å²) in [6, 6.07) is 4.69. The first-order valence-electron chi connectivity index (χ1n) is 6.75. The lowest BCUT2D eigenvalue weighted by molar-refractivity contribution is -0.155. The van der Waals surface area contributed by atoms with Gasteiger partial charge >= 0.3 is 11.9 Å². The van der Waals surface area contributed by atoms with Crippen LogP contribution in [0.15, 0.2) is 18.2 Å². The number of ether oxygens (including phenoxy) is 4. The third kappa shape index (κ3) is 2.37. The Bertz CT molecular complexity index is 583. The highest BCUT2D eigenvalue weighted by Crippen LogP contribution is 2.39. The van der Waals surface area contributed by atoms with Crippen LogP contribution in [0.3, 0.4) is 0 Å². The van der Waals surface area contributed by atoms with Crippen molar-refractivity contribution in [1.82, 2.24) is 0 Å². The van der Waals surface area contributed by atoms with Gasteiger partial charge < -0.3 is 24.1 Å². The summed E-state index contributed by atoms with van der Waals surface area (Å²) in [5, 5.41) is 10.2. The summed E-state index contributed by atoms with van der Waals surface area (Å²) >= 11 is 0. The SMILES string of the molecule is CCOC(=O)[C@]1(c2ccc(OC)c(OC)c2)COC(=O)[C@@H]1O. The van der Waals surface area contributed by atoms with Crippen molar-refractivity contribution in [3.05, 3.63) is 23.8 Å². The molecule has 0 bridgehead atoms. The lowest BCUT2D eigenvalue weighted by Gasteiger charge is -2.27. The van der Waals surface area contributed by atoms with Crippen molar-refractivity contribution < 1.29 is 33.6 Å². The number of methoxy groups -OCH3 is 2. The Kier molecular flexibility index (Phi) is 4.56. The molecule has 1 fully saturated rings. The first-order chi connectivity index (χ1) is 10.5. The number of hydrogen-bond donors (Lipinski definition) is 1. The van der Waals surface area contributed by atoms with E-state index < -0.39 is 23.5 Å². The van der Waals surface area contributed by atoms with Crippen molar-refractivity contribution in [3.8, 4) is 11.5 Å². The van der Waals surface area contributed by atoms with Crippen molar-refractivity contribution in [2.75, 3.05) is 27.4 Å². The van der Waals surface area contributed by atoms with Gasteiger partial charge in [0.2, 0.25) is 0 Å². The van der Waals surface area contributed by atoms with E-state index in [9.17, 15) is 14.7 Å². The molecule has 0 unspecified atom stereocenters. The zero-order valence-electron chi connectivity index (χ0n) is 12.6. The normalized spacial score (nSPS) is 23.8. The van der Waals surface area contributed by atoms with Crippen molar-refractivity contribution >= 4 is 11.9 Å². The highest BCUT2D eigenvalue weighted by molar-refractivity contribution is 5.95. The van der Waals surface area contributed by atoms with Crippen LogP contribution in [0.1, 0.15) is 12.5 Å². The van der Waals surface area contributed by atoms with E-state index in [0.29, 0.717) is 17.1 Å². The highest BCUT2D eigenvalue weighted by Gasteiger charge is 2.58. The molecule has 1 aliphatic rings. The van der Waals surface area contributed by atoms with Crippen LogP contribution < -0.4 is 9.47 Å². The van der Waals surface area contributed by atoms with Gasteiger partial charge in [-0.15, -0.1) is 0 Å². The van der Waals surface area contributed by atoms with Crippen molar-refractivity contribution in [1.29, 1.82) is 0 Å². The number of rotatable bonds is 5. The molecule has 2 atom stereocenters. The van der Waals surface area contributed by atoms with Crippen LogP contribution in [0, 0.1) is 0 Å². The van der Waals surface area contributed by atoms with Crippen molar-refractivity contribution in [2.24, 2.45) is 0 Å². The van der Waals surface area contributed by atoms with Crippen LogP contribution in [-0.2, 0) is 24.5 Å². The molecule has 0 spiro atoms. The molecule has 7 nitrogen and oxygen atoms in total. The van der Waals surface area contributed by atoms with Gasteiger partial charge in [-0.1, -0.05) is 6.07 Å². The molecule has 0 aromatic heterocycles. The minimum atomic E-state index is -1.63. The zero-order chi connectivity index (χ0) is 16.3. The van der Waals surface area contributed by atoms with E-state index in [2.05, 4.69) is 0 Å². The zero-order valence-corrected chi connectivity index (χ0v) is 12.6. The molecule has 0 radical (unpaired) electrons. The summed E-state index contributed by atoms with van der Waals surface area (Å²) < 4.78 is 20.2. The van der Waals surface area contributed by atoms with Crippen LogP contribution >= 0.6 is 0 Å². The average Bonchev–Trinajstić information content (AvgIpc) is 2.84. The summed E-state index contributed by atoms with van der Waals surface area (Å²) in [5.41, 5.74) is -1.24. The predicted molar refractivity (Wildman–Crippen MR) is 74.8 cm³/mol. The number of esters is 2. The number of carbonyl (C=O) groups excluding carboxylic acids is 2. The summed E-state index contributed by atoms with van der Waals surface area (Å²) in [6.45, 7) is 1.47. The van der Waals surface area contributed by atoms with E-state index in [1.807, 2.05) is 0 Å². The van der Waals surface area contributed by atoms with E-state index >= 15 is 0 Å². The predicted octanol–water partition coefficient (Wildman–Crippen LogP) is 0.422. The Morgan fingerprint density at radius 3 is 2.55 bits per heavy atom. The number of benzene rings is 1. The number of cyclic esters (lactones) is 1. The van der Waals surface area contributed by atoms with Crippen LogP contribution in [0.5, 0.6) is 11.5 Å². The van der Waals surface area contributed by atoms with E-state index in [4.69, 9.17) is 18.9 Å². The molecule has 1 heterocycles. The van der Waals surface area contributed by atoms with Gasteiger partial charge in [-0.2, -0.15) is 0 Å². The van der Waals surface area contributed by atoms with Crippen LogP contribution in [-0.4, -0.2) is 50.6 Å². The molecule has 120 valence electrons. The summed E-state index contributed by atoms with van der Waals surface area (Å²) in [4.78, 5) is 24.0. The molecule has 1 aromatic rings. The molecule has 22 heavy (non-hydrogen) atoms. The minimum absolute atomic E-state index is 0.120. The van der Waals surface area contributed by atoms with Gasteiger partial charge in [0, 0.05) is 0 Å². The Hall–Kier alpha value is -2.28. The van der Waals surface area contributed by atoms with Crippen LogP contribution in [0.25, 0.3) is 0 Å². The maximum Gasteiger partial charge on any atom is 0.336 e. The Morgan fingerprint density at radius 2 is 2.05 bits per heavy atom. The quantitative estimate of drug-likeness (QED) is 0.788. The number of aliphatic hydroxyl groups is 1. The van der Waals surface area contributed by atoms with Gasteiger partial charge in [-0.05, 0) is 24.6 Å². The molecule has 2 rings (SSSR count). The molecule has 1 aromatic carbocycles. The molecule has 7 heteroatoms. The van der Waals surface area contributed by atoms with E-state index in [1.165, 1.54) is 20.3 Å². The molecular weight excluding hydrogens is 292 g/mol. The second-order valence-electron chi connectivity index (χ2n) is 4.77. The molecule has 1 N–H and O–H groups in total. The van der Waals surface area contributed by atoms with Gasteiger partial charge in [0.15, 0.2) is 23.0 Å². The summed E-state index contributed by atoms with van der Waals surface area (Å²) in [7, 11) is 2.93.